The van der Waals surface area contributed by atoms with E-state index in [9.17, 15) is 5.11 Å². The summed E-state index contributed by atoms with van der Waals surface area (Å²) >= 11 is 0. The summed E-state index contributed by atoms with van der Waals surface area (Å²) in [5.41, 5.74) is 2.23. The minimum atomic E-state index is -0.683. The predicted octanol–water partition coefficient (Wildman–Crippen LogP) is 2.05. The lowest BCUT2D eigenvalue weighted by Gasteiger charge is -2.41. The van der Waals surface area contributed by atoms with Crippen LogP contribution in [0.3, 0.4) is 0 Å². The molecule has 0 saturated carbocycles. The summed E-state index contributed by atoms with van der Waals surface area (Å²) in [4.78, 5) is 9.06. The van der Waals surface area contributed by atoms with Crippen LogP contribution in [0.25, 0.3) is 5.65 Å². The van der Waals surface area contributed by atoms with Crippen LogP contribution in [0.5, 0.6) is 0 Å². The number of hydrogen-bond acceptors (Lipinski definition) is 5. The van der Waals surface area contributed by atoms with Crippen molar-refractivity contribution in [3.63, 3.8) is 0 Å². The molecule has 0 amide bonds. The van der Waals surface area contributed by atoms with Gasteiger partial charge in [-0.2, -0.15) is 9.61 Å². The van der Waals surface area contributed by atoms with Crippen LogP contribution >= 0.6 is 0 Å². The van der Waals surface area contributed by atoms with Gasteiger partial charge in [-0.15, -0.1) is 0 Å². The molecule has 0 spiro atoms. The van der Waals surface area contributed by atoms with Crippen molar-refractivity contribution in [2.75, 3.05) is 38.6 Å². The lowest BCUT2D eigenvalue weighted by molar-refractivity contribution is 0.00343. The average Bonchev–Trinajstić information content (AvgIpc) is 2.84. The highest BCUT2D eigenvalue weighted by Crippen LogP contribution is 2.29. The molecule has 0 radical (unpaired) electrons. The third kappa shape index (κ3) is 3.39. The summed E-state index contributed by atoms with van der Waals surface area (Å²) in [6.07, 6.45) is 1.82. The van der Waals surface area contributed by atoms with Gasteiger partial charge < -0.3 is 14.9 Å². The lowest BCUT2D eigenvalue weighted by Crippen LogP contribution is -2.53. The van der Waals surface area contributed by atoms with Crippen LogP contribution < -0.4 is 4.90 Å². The van der Waals surface area contributed by atoms with Crippen molar-refractivity contribution in [1.29, 1.82) is 0 Å². The predicted molar refractivity (Wildman–Crippen MR) is 96.8 cm³/mol. The Bertz CT molecular complexity index is 724. The van der Waals surface area contributed by atoms with E-state index in [1.807, 2.05) is 31.6 Å². The molecule has 1 fully saturated rings. The summed E-state index contributed by atoms with van der Waals surface area (Å²) in [6.45, 7) is 8.54. The van der Waals surface area contributed by atoms with Crippen LogP contribution in [0.2, 0.25) is 0 Å². The Morgan fingerprint density at radius 3 is 2.75 bits per heavy atom. The quantitative estimate of drug-likeness (QED) is 0.929. The van der Waals surface area contributed by atoms with Crippen LogP contribution in [0.1, 0.15) is 44.0 Å². The molecule has 2 aromatic heterocycles. The molecule has 1 aliphatic heterocycles. The summed E-state index contributed by atoms with van der Waals surface area (Å²) in [7, 11) is 4.02. The van der Waals surface area contributed by atoms with E-state index in [0.29, 0.717) is 19.0 Å². The average molecular weight is 331 g/mol. The number of rotatable bonds is 4. The van der Waals surface area contributed by atoms with Crippen LogP contribution in [0.4, 0.5) is 5.82 Å². The van der Waals surface area contributed by atoms with Crippen LogP contribution in [0, 0.1) is 6.92 Å². The molecule has 6 heteroatoms. The van der Waals surface area contributed by atoms with Crippen molar-refractivity contribution in [2.24, 2.45) is 0 Å². The number of aryl methyl sites for hydroxylation is 1. The molecule has 1 saturated heterocycles. The lowest BCUT2D eigenvalue weighted by atomic mass is 9.92. The highest BCUT2D eigenvalue weighted by atomic mass is 16.3. The normalized spacial score (nSPS) is 22.1. The number of nitrogens with zero attached hydrogens (tertiary/aromatic N) is 5. The van der Waals surface area contributed by atoms with Gasteiger partial charge in [-0.05, 0) is 39.8 Å². The molecule has 3 rings (SSSR count). The monoisotopic (exact) mass is 331 g/mol. The molecule has 1 atom stereocenters. The number of likely N-dealkylation sites (N-methyl/N-ethyl adjacent to an activating group) is 1. The molecular formula is C18H29N5O. The van der Waals surface area contributed by atoms with E-state index >= 15 is 0 Å². The van der Waals surface area contributed by atoms with Crippen molar-refractivity contribution in [1.82, 2.24) is 19.5 Å². The van der Waals surface area contributed by atoms with Crippen LogP contribution in [-0.2, 0) is 0 Å². The van der Waals surface area contributed by atoms with E-state index in [4.69, 9.17) is 4.98 Å². The molecule has 0 aromatic carbocycles. The van der Waals surface area contributed by atoms with Crippen LogP contribution in [0.15, 0.2) is 12.1 Å². The van der Waals surface area contributed by atoms with Crippen molar-refractivity contribution >= 4 is 11.5 Å². The number of fused-ring (bicyclic) bond motifs is 1. The molecule has 0 unspecified atom stereocenters. The van der Waals surface area contributed by atoms with E-state index in [1.54, 1.807) is 0 Å². The standard InChI is InChI=1S/C18H29N5O/c1-13(2)15-10-17(23-16(19-15)9-14(3)20-23)22-8-6-7-18(24,12-22)11-21(4)5/h9-10,13,24H,6-8,11-12H2,1-5H3/t18-/m1/s1. The molecule has 3 heterocycles. The topological polar surface area (TPSA) is 56.9 Å². The summed E-state index contributed by atoms with van der Waals surface area (Å²) in [5, 5.41) is 15.6. The van der Waals surface area contributed by atoms with Crippen molar-refractivity contribution in [3.05, 3.63) is 23.5 Å². The van der Waals surface area contributed by atoms with Gasteiger partial charge in [-0.25, -0.2) is 4.98 Å². The largest absolute Gasteiger partial charge is 0.387 e. The number of β-amino-alcohol motifs (C(OH)–C–C–N with tert-alkyl or cyclic N) is 1. The first kappa shape index (κ1) is 17.2. The summed E-state index contributed by atoms with van der Waals surface area (Å²) in [6, 6.07) is 4.15. The zero-order chi connectivity index (χ0) is 17.5. The molecule has 1 N–H and O–H groups in total. The van der Waals surface area contributed by atoms with Gasteiger partial charge in [0.2, 0.25) is 0 Å². The second-order valence-corrected chi connectivity index (χ2v) is 7.74. The molecule has 6 nitrogen and oxygen atoms in total. The fourth-order valence-corrected chi connectivity index (χ4v) is 3.64. The molecule has 1 aliphatic rings. The Balaban J connectivity index is 2.01. The summed E-state index contributed by atoms with van der Waals surface area (Å²) in [5.74, 6) is 1.39. The summed E-state index contributed by atoms with van der Waals surface area (Å²) < 4.78 is 1.92. The Morgan fingerprint density at radius 2 is 2.08 bits per heavy atom. The maximum absolute atomic E-state index is 11.0. The first-order chi connectivity index (χ1) is 11.3. The van der Waals surface area contributed by atoms with Gasteiger partial charge >= 0.3 is 0 Å². The van der Waals surface area contributed by atoms with E-state index in [1.165, 1.54) is 0 Å². The number of aromatic nitrogens is 3. The Morgan fingerprint density at radius 1 is 1.33 bits per heavy atom. The second-order valence-electron chi connectivity index (χ2n) is 7.74. The van der Waals surface area contributed by atoms with Gasteiger partial charge in [0.1, 0.15) is 5.82 Å². The second kappa shape index (κ2) is 6.33. The Labute approximate surface area is 144 Å². The number of anilines is 1. The number of hydrogen-bond donors (Lipinski definition) is 1. The minimum Gasteiger partial charge on any atom is -0.387 e. The van der Waals surface area contributed by atoms with Gasteiger partial charge in [-0.3, -0.25) is 0 Å². The molecule has 132 valence electrons. The molecule has 0 aliphatic carbocycles. The molecule has 2 aromatic rings. The highest BCUT2D eigenvalue weighted by molar-refractivity contribution is 5.53. The first-order valence-electron chi connectivity index (χ1n) is 8.77. The van der Waals surface area contributed by atoms with E-state index in [-0.39, 0.29) is 0 Å². The third-order valence-electron chi connectivity index (χ3n) is 4.63. The van der Waals surface area contributed by atoms with Crippen LogP contribution in [-0.4, -0.2) is 63.9 Å². The first-order valence-corrected chi connectivity index (χ1v) is 8.77. The van der Waals surface area contributed by atoms with E-state index in [2.05, 4.69) is 34.8 Å². The smallest absolute Gasteiger partial charge is 0.157 e. The zero-order valence-corrected chi connectivity index (χ0v) is 15.5. The fraction of sp³-hybridized carbons (Fsp3) is 0.667. The Kier molecular flexibility index (Phi) is 4.53. The number of aliphatic hydroxyl groups is 1. The van der Waals surface area contributed by atoms with Gasteiger partial charge in [0.05, 0.1) is 11.3 Å². The van der Waals surface area contributed by atoms with Gasteiger partial charge in [0.15, 0.2) is 5.65 Å². The molecule has 24 heavy (non-hydrogen) atoms. The maximum atomic E-state index is 11.0. The SMILES string of the molecule is Cc1cc2nc(C(C)C)cc(N3CCC[C@@](O)(CN(C)C)C3)n2n1. The molecular weight excluding hydrogens is 302 g/mol. The third-order valence-corrected chi connectivity index (χ3v) is 4.63. The fourth-order valence-electron chi connectivity index (χ4n) is 3.64. The van der Waals surface area contributed by atoms with E-state index in [0.717, 1.165) is 42.2 Å². The minimum absolute atomic E-state index is 0.356. The highest BCUT2D eigenvalue weighted by Gasteiger charge is 2.35. The van der Waals surface area contributed by atoms with Gasteiger partial charge in [-0.1, -0.05) is 13.8 Å². The van der Waals surface area contributed by atoms with Crippen molar-refractivity contribution in [2.45, 2.75) is 45.1 Å². The van der Waals surface area contributed by atoms with Gasteiger partial charge in [0.25, 0.3) is 0 Å². The number of piperidine rings is 1. The van der Waals surface area contributed by atoms with E-state index < -0.39 is 5.60 Å². The zero-order valence-electron chi connectivity index (χ0n) is 15.5. The maximum Gasteiger partial charge on any atom is 0.157 e. The molecule has 0 bridgehead atoms. The Hall–Kier alpha value is -1.66. The van der Waals surface area contributed by atoms with Gasteiger partial charge in [0, 0.05) is 37.5 Å². The van der Waals surface area contributed by atoms with Crippen molar-refractivity contribution < 1.29 is 5.11 Å². The van der Waals surface area contributed by atoms with Crippen molar-refractivity contribution in [3.8, 4) is 0 Å².